The van der Waals surface area contributed by atoms with Gasteiger partial charge >= 0.3 is 0 Å². The van der Waals surface area contributed by atoms with Gasteiger partial charge in [-0.3, -0.25) is 9.59 Å². The molecular weight excluding hydrogens is 324 g/mol. The van der Waals surface area contributed by atoms with Crippen molar-refractivity contribution in [1.29, 1.82) is 0 Å². The summed E-state index contributed by atoms with van der Waals surface area (Å²) in [6.07, 6.45) is 4.19. The van der Waals surface area contributed by atoms with Gasteiger partial charge < -0.3 is 10.2 Å². The van der Waals surface area contributed by atoms with Gasteiger partial charge in [0.25, 0.3) is 0 Å². The molecule has 136 valence electrons. The Bertz CT molecular complexity index is 715. The summed E-state index contributed by atoms with van der Waals surface area (Å²) in [6, 6.07) is 20.3. The van der Waals surface area contributed by atoms with Crippen LogP contribution in [-0.2, 0) is 16.0 Å². The van der Waals surface area contributed by atoms with Gasteiger partial charge in [0.1, 0.15) is 0 Å². The number of nitrogens with one attached hydrogen (secondary N) is 1. The highest BCUT2D eigenvalue weighted by atomic mass is 16.2. The molecule has 0 spiro atoms. The second-order valence-electron chi connectivity index (χ2n) is 6.83. The Kier molecular flexibility index (Phi) is 6.42. The standard InChI is InChI=1S/C22H26N2O2/c25-21(17-24-16-8-7-13-22(24)26)23-20(19-11-5-2-6-12-19)15-14-18-9-3-1-4-10-18/h1-6,9-12,20H,7-8,13-17H2,(H,23,25). The SMILES string of the molecule is O=C(CN1CCCCC1=O)NC(CCc1ccccc1)c1ccccc1. The van der Waals surface area contributed by atoms with E-state index < -0.39 is 0 Å². The molecule has 2 aromatic carbocycles. The third-order valence-corrected chi connectivity index (χ3v) is 4.86. The van der Waals surface area contributed by atoms with Crippen LogP contribution in [0.3, 0.4) is 0 Å². The van der Waals surface area contributed by atoms with Gasteiger partial charge in [0.2, 0.25) is 11.8 Å². The average Bonchev–Trinajstić information content (AvgIpc) is 2.68. The number of aryl methyl sites for hydroxylation is 1. The first-order chi connectivity index (χ1) is 12.7. The third-order valence-electron chi connectivity index (χ3n) is 4.86. The van der Waals surface area contributed by atoms with Crippen LogP contribution in [0.1, 0.15) is 42.9 Å². The van der Waals surface area contributed by atoms with Crippen molar-refractivity contribution in [2.45, 2.75) is 38.1 Å². The average molecular weight is 350 g/mol. The van der Waals surface area contributed by atoms with E-state index in [9.17, 15) is 9.59 Å². The smallest absolute Gasteiger partial charge is 0.240 e. The number of amides is 2. The molecule has 2 aromatic rings. The number of benzene rings is 2. The summed E-state index contributed by atoms with van der Waals surface area (Å²) in [5, 5.41) is 3.14. The molecule has 1 saturated heterocycles. The van der Waals surface area contributed by atoms with Crippen LogP contribution in [0.4, 0.5) is 0 Å². The van der Waals surface area contributed by atoms with E-state index in [1.165, 1.54) is 5.56 Å². The molecule has 1 heterocycles. The molecule has 26 heavy (non-hydrogen) atoms. The minimum atomic E-state index is -0.0813. The molecular formula is C22H26N2O2. The number of hydrogen-bond acceptors (Lipinski definition) is 2. The van der Waals surface area contributed by atoms with Crippen LogP contribution >= 0.6 is 0 Å². The largest absolute Gasteiger partial charge is 0.348 e. The van der Waals surface area contributed by atoms with Crippen molar-refractivity contribution in [1.82, 2.24) is 10.2 Å². The molecule has 4 heteroatoms. The molecule has 3 rings (SSSR count). The van der Waals surface area contributed by atoms with E-state index in [-0.39, 0.29) is 24.4 Å². The molecule has 4 nitrogen and oxygen atoms in total. The zero-order chi connectivity index (χ0) is 18.2. The molecule has 1 aliphatic heterocycles. The van der Waals surface area contributed by atoms with Crippen molar-refractivity contribution in [2.24, 2.45) is 0 Å². The summed E-state index contributed by atoms with van der Waals surface area (Å²) in [6.45, 7) is 0.847. The van der Waals surface area contributed by atoms with Crippen LogP contribution in [0.5, 0.6) is 0 Å². The minimum Gasteiger partial charge on any atom is -0.348 e. The highest BCUT2D eigenvalue weighted by Gasteiger charge is 2.22. The molecule has 1 atom stereocenters. The van der Waals surface area contributed by atoms with E-state index in [1.807, 2.05) is 48.5 Å². The summed E-state index contributed by atoms with van der Waals surface area (Å²) < 4.78 is 0. The lowest BCUT2D eigenvalue weighted by Gasteiger charge is -2.27. The van der Waals surface area contributed by atoms with E-state index in [0.29, 0.717) is 13.0 Å². The van der Waals surface area contributed by atoms with Crippen LogP contribution < -0.4 is 5.32 Å². The Labute approximate surface area is 155 Å². The van der Waals surface area contributed by atoms with Crippen molar-refractivity contribution in [2.75, 3.05) is 13.1 Å². The molecule has 1 fully saturated rings. The molecule has 0 radical (unpaired) electrons. The fourth-order valence-corrected chi connectivity index (χ4v) is 3.41. The zero-order valence-corrected chi connectivity index (χ0v) is 15.1. The lowest BCUT2D eigenvalue weighted by atomic mass is 9.99. The van der Waals surface area contributed by atoms with E-state index in [0.717, 1.165) is 31.2 Å². The molecule has 0 bridgehead atoms. The Balaban J connectivity index is 1.63. The van der Waals surface area contributed by atoms with E-state index in [1.54, 1.807) is 4.90 Å². The van der Waals surface area contributed by atoms with E-state index >= 15 is 0 Å². The summed E-state index contributed by atoms with van der Waals surface area (Å²) in [4.78, 5) is 26.2. The zero-order valence-electron chi connectivity index (χ0n) is 15.1. The lowest BCUT2D eigenvalue weighted by molar-refractivity contribution is -0.138. The summed E-state index contributed by atoms with van der Waals surface area (Å²) >= 11 is 0. The number of nitrogens with zero attached hydrogens (tertiary/aromatic N) is 1. The summed E-state index contributed by atoms with van der Waals surface area (Å²) in [5.41, 5.74) is 2.36. The maximum absolute atomic E-state index is 12.5. The first-order valence-corrected chi connectivity index (χ1v) is 9.38. The van der Waals surface area contributed by atoms with Gasteiger partial charge in [-0.2, -0.15) is 0 Å². The number of carbonyl (C=O) groups is 2. The Morgan fingerprint density at radius 2 is 1.69 bits per heavy atom. The second kappa shape index (κ2) is 9.18. The number of carbonyl (C=O) groups excluding carboxylic acids is 2. The Hall–Kier alpha value is -2.62. The summed E-state index contributed by atoms with van der Waals surface area (Å²) in [7, 11) is 0. The monoisotopic (exact) mass is 350 g/mol. The van der Waals surface area contributed by atoms with Crippen LogP contribution in [0.25, 0.3) is 0 Å². The van der Waals surface area contributed by atoms with Gasteiger partial charge in [-0.25, -0.2) is 0 Å². The number of likely N-dealkylation sites (tertiary alicyclic amines) is 1. The van der Waals surface area contributed by atoms with E-state index in [4.69, 9.17) is 0 Å². The topological polar surface area (TPSA) is 49.4 Å². The maximum Gasteiger partial charge on any atom is 0.240 e. The van der Waals surface area contributed by atoms with Gasteiger partial charge in [0.05, 0.1) is 12.6 Å². The first-order valence-electron chi connectivity index (χ1n) is 9.38. The number of piperidine rings is 1. The first kappa shape index (κ1) is 18.2. The predicted octanol–water partition coefficient (Wildman–Crippen LogP) is 3.49. The van der Waals surface area contributed by atoms with Gasteiger partial charge in [-0.05, 0) is 36.8 Å². The van der Waals surface area contributed by atoms with Crippen molar-refractivity contribution in [3.05, 3.63) is 71.8 Å². The molecule has 2 amide bonds. The minimum absolute atomic E-state index is 0.0520. The molecule has 0 saturated carbocycles. The van der Waals surface area contributed by atoms with Gasteiger partial charge in [-0.15, -0.1) is 0 Å². The van der Waals surface area contributed by atoms with Gasteiger partial charge in [0.15, 0.2) is 0 Å². The molecule has 1 aliphatic rings. The second-order valence-corrected chi connectivity index (χ2v) is 6.83. The highest BCUT2D eigenvalue weighted by Crippen LogP contribution is 2.19. The van der Waals surface area contributed by atoms with Gasteiger partial charge in [-0.1, -0.05) is 60.7 Å². The van der Waals surface area contributed by atoms with Crippen molar-refractivity contribution >= 4 is 11.8 Å². The number of rotatable bonds is 7. The molecule has 0 aromatic heterocycles. The predicted molar refractivity (Wildman–Crippen MR) is 103 cm³/mol. The van der Waals surface area contributed by atoms with E-state index in [2.05, 4.69) is 17.4 Å². The van der Waals surface area contributed by atoms with Crippen LogP contribution in [0.2, 0.25) is 0 Å². The van der Waals surface area contributed by atoms with Crippen LogP contribution in [0.15, 0.2) is 60.7 Å². The number of hydrogen-bond donors (Lipinski definition) is 1. The third kappa shape index (κ3) is 5.19. The highest BCUT2D eigenvalue weighted by molar-refractivity contribution is 5.85. The normalized spacial score (nSPS) is 15.5. The molecule has 0 aliphatic carbocycles. The van der Waals surface area contributed by atoms with Crippen molar-refractivity contribution in [3.8, 4) is 0 Å². The van der Waals surface area contributed by atoms with Crippen LogP contribution in [0, 0.1) is 0 Å². The summed E-state index contributed by atoms with van der Waals surface area (Å²) in [5.74, 6) is 0.00844. The Morgan fingerprint density at radius 1 is 1.00 bits per heavy atom. The molecule has 1 N–H and O–H groups in total. The van der Waals surface area contributed by atoms with Gasteiger partial charge in [0, 0.05) is 13.0 Å². The van der Waals surface area contributed by atoms with Crippen LogP contribution in [-0.4, -0.2) is 29.8 Å². The quantitative estimate of drug-likeness (QED) is 0.831. The van der Waals surface area contributed by atoms with Crippen molar-refractivity contribution in [3.63, 3.8) is 0 Å². The Morgan fingerprint density at radius 3 is 2.38 bits per heavy atom. The van der Waals surface area contributed by atoms with Crippen molar-refractivity contribution < 1.29 is 9.59 Å². The fraction of sp³-hybridized carbons (Fsp3) is 0.364. The lowest BCUT2D eigenvalue weighted by Crippen LogP contribution is -2.43. The maximum atomic E-state index is 12.5. The molecule has 1 unspecified atom stereocenters. The fourth-order valence-electron chi connectivity index (χ4n) is 3.41.